The number of methoxy groups -OCH3 is 1. The maximum Gasteiger partial charge on any atom is 0.416 e. The van der Waals surface area contributed by atoms with E-state index in [9.17, 15) is 13.2 Å². The summed E-state index contributed by atoms with van der Waals surface area (Å²) in [5.41, 5.74) is 0.670. The molecule has 0 saturated carbocycles. The summed E-state index contributed by atoms with van der Waals surface area (Å²) in [7, 11) is 1.58. The average Bonchev–Trinajstić information content (AvgIpc) is 2.45. The number of hydrogen-bond acceptors (Lipinski definition) is 2. The number of ether oxygens (including phenoxy) is 1. The zero-order chi connectivity index (χ0) is 15.5. The summed E-state index contributed by atoms with van der Waals surface area (Å²) in [5.74, 6) is 0.735. The van der Waals surface area contributed by atoms with E-state index < -0.39 is 11.7 Å². The minimum atomic E-state index is -4.35. The minimum absolute atomic E-state index is 0.403. The largest absolute Gasteiger partial charge is 0.497 e. The fourth-order valence-corrected chi connectivity index (χ4v) is 2.16. The van der Waals surface area contributed by atoms with Gasteiger partial charge in [0.2, 0.25) is 0 Å². The third-order valence-electron chi connectivity index (χ3n) is 2.94. The summed E-state index contributed by atoms with van der Waals surface area (Å²) >= 11 is 3.24. The van der Waals surface area contributed by atoms with Crippen LogP contribution in [0.4, 0.5) is 18.9 Å². The van der Waals surface area contributed by atoms with Crippen LogP contribution in [0.15, 0.2) is 46.9 Å². The quantitative estimate of drug-likeness (QED) is 0.820. The first-order valence-corrected chi connectivity index (χ1v) is 6.93. The van der Waals surface area contributed by atoms with Gasteiger partial charge in [-0.05, 0) is 51.8 Å². The Morgan fingerprint density at radius 1 is 1.10 bits per heavy atom. The second-order valence-corrected chi connectivity index (χ2v) is 5.25. The van der Waals surface area contributed by atoms with Crippen molar-refractivity contribution in [3.05, 3.63) is 58.1 Å². The van der Waals surface area contributed by atoms with Gasteiger partial charge in [-0.15, -0.1) is 0 Å². The number of benzene rings is 2. The second-order valence-electron chi connectivity index (χ2n) is 4.39. The van der Waals surface area contributed by atoms with E-state index in [1.54, 1.807) is 19.2 Å². The first kappa shape index (κ1) is 15.7. The molecule has 0 aliphatic carbocycles. The van der Waals surface area contributed by atoms with Gasteiger partial charge in [0, 0.05) is 16.7 Å². The molecular formula is C15H13BrF3NO. The van der Waals surface area contributed by atoms with Crippen molar-refractivity contribution in [1.82, 2.24) is 0 Å². The molecule has 0 aliphatic heterocycles. The van der Waals surface area contributed by atoms with Gasteiger partial charge in [-0.3, -0.25) is 0 Å². The summed E-state index contributed by atoms with van der Waals surface area (Å²) in [4.78, 5) is 0. The SMILES string of the molecule is COc1ccc(CNc2cc(C(F)(F)F)ccc2Br)cc1. The average molecular weight is 360 g/mol. The van der Waals surface area contributed by atoms with Crippen molar-refractivity contribution in [2.24, 2.45) is 0 Å². The van der Waals surface area contributed by atoms with Gasteiger partial charge >= 0.3 is 6.18 Å². The molecule has 21 heavy (non-hydrogen) atoms. The van der Waals surface area contributed by atoms with Gasteiger partial charge < -0.3 is 10.1 Å². The molecule has 0 aromatic heterocycles. The fraction of sp³-hybridized carbons (Fsp3) is 0.200. The van der Waals surface area contributed by atoms with Crippen molar-refractivity contribution >= 4 is 21.6 Å². The molecule has 2 nitrogen and oxygen atoms in total. The molecule has 112 valence electrons. The number of alkyl halides is 3. The van der Waals surface area contributed by atoms with Crippen LogP contribution >= 0.6 is 15.9 Å². The number of rotatable bonds is 4. The molecule has 0 spiro atoms. The predicted molar refractivity (Wildman–Crippen MR) is 79.5 cm³/mol. The Hall–Kier alpha value is -1.69. The standard InChI is InChI=1S/C15H13BrF3NO/c1-21-12-5-2-10(3-6-12)9-20-14-8-11(15(17,18)19)4-7-13(14)16/h2-8,20H,9H2,1H3. The minimum Gasteiger partial charge on any atom is -0.497 e. The highest BCUT2D eigenvalue weighted by Crippen LogP contribution is 2.34. The van der Waals surface area contributed by atoms with Crippen LogP contribution in [0.2, 0.25) is 0 Å². The molecule has 2 aromatic rings. The zero-order valence-electron chi connectivity index (χ0n) is 11.2. The van der Waals surface area contributed by atoms with E-state index in [4.69, 9.17) is 4.74 Å². The number of anilines is 1. The Labute approximate surface area is 129 Å². The van der Waals surface area contributed by atoms with Crippen molar-refractivity contribution in [3.63, 3.8) is 0 Å². The first-order valence-electron chi connectivity index (χ1n) is 6.13. The molecule has 2 rings (SSSR count). The van der Waals surface area contributed by atoms with Crippen LogP contribution in [0.3, 0.4) is 0 Å². The van der Waals surface area contributed by atoms with E-state index in [0.717, 1.165) is 23.4 Å². The van der Waals surface area contributed by atoms with Crippen molar-refractivity contribution in [2.45, 2.75) is 12.7 Å². The molecule has 0 radical (unpaired) electrons. The maximum absolute atomic E-state index is 12.7. The Bertz CT molecular complexity index is 611. The highest BCUT2D eigenvalue weighted by atomic mass is 79.9. The summed E-state index contributed by atoms with van der Waals surface area (Å²) < 4.78 is 43.7. The number of halogens is 4. The molecule has 0 amide bonds. The van der Waals surface area contributed by atoms with E-state index >= 15 is 0 Å². The van der Waals surface area contributed by atoms with Gasteiger partial charge in [0.1, 0.15) is 5.75 Å². The molecule has 0 heterocycles. The van der Waals surface area contributed by atoms with Gasteiger partial charge in [-0.2, -0.15) is 13.2 Å². The normalized spacial score (nSPS) is 11.3. The molecule has 2 aromatic carbocycles. The van der Waals surface area contributed by atoms with Crippen molar-refractivity contribution < 1.29 is 17.9 Å². The van der Waals surface area contributed by atoms with Gasteiger partial charge in [0.05, 0.1) is 12.7 Å². The van der Waals surface area contributed by atoms with Gasteiger partial charge in [-0.1, -0.05) is 12.1 Å². The van der Waals surface area contributed by atoms with E-state index in [1.165, 1.54) is 6.07 Å². The van der Waals surface area contributed by atoms with Crippen LogP contribution in [-0.4, -0.2) is 7.11 Å². The van der Waals surface area contributed by atoms with Gasteiger partial charge in [0.25, 0.3) is 0 Å². The topological polar surface area (TPSA) is 21.3 Å². The van der Waals surface area contributed by atoms with Gasteiger partial charge in [0.15, 0.2) is 0 Å². The predicted octanol–water partition coefficient (Wildman–Crippen LogP) is 5.09. The third kappa shape index (κ3) is 4.14. The number of hydrogen-bond donors (Lipinski definition) is 1. The lowest BCUT2D eigenvalue weighted by Gasteiger charge is -2.13. The van der Waals surface area contributed by atoms with Crippen molar-refractivity contribution in [1.29, 1.82) is 0 Å². The Balaban J connectivity index is 2.11. The Morgan fingerprint density at radius 2 is 1.76 bits per heavy atom. The summed E-state index contributed by atoms with van der Waals surface area (Å²) in [6.07, 6.45) is -4.35. The van der Waals surface area contributed by atoms with Crippen molar-refractivity contribution in [2.75, 3.05) is 12.4 Å². The first-order chi connectivity index (χ1) is 9.90. The highest BCUT2D eigenvalue weighted by Gasteiger charge is 2.30. The molecule has 0 fully saturated rings. The second kappa shape index (κ2) is 6.39. The lowest BCUT2D eigenvalue weighted by molar-refractivity contribution is -0.137. The molecule has 6 heteroatoms. The smallest absolute Gasteiger partial charge is 0.416 e. The van der Waals surface area contributed by atoms with Crippen LogP contribution in [0, 0.1) is 0 Å². The monoisotopic (exact) mass is 359 g/mol. The lowest BCUT2D eigenvalue weighted by atomic mass is 10.1. The van der Waals surface area contributed by atoms with E-state index in [2.05, 4.69) is 21.2 Å². The third-order valence-corrected chi connectivity index (χ3v) is 3.63. The van der Waals surface area contributed by atoms with Crippen molar-refractivity contribution in [3.8, 4) is 5.75 Å². The molecule has 1 N–H and O–H groups in total. The van der Waals surface area contributed by atoms with Crippen LogP contribution in [0.5, 0.6) is 5.75 Å². The molecule has 0 aliphatic rings. The summed E-state index contributed by atoms with van der Waals surface area (Å²) in [6, 6.07) is 10.8. The fourth-order valence-electron chi connectivity index (χ4n) is 1.78. The summed E-state index contributed by atoms with van der Waals surface area (Å²) in [6.45, 7) is 0.421. The van der Waals surface area contributed by atoms with E-state index in [0.29, 0.717) is 16.7 Å². The molecule has 0 saturated heterocycles. The van der Waals surface area contributed by atoms with Crippen LogP contribution in [-0.2, 0) is 12.7 Å². The molecule has 0 bridgehead atoms. The van der Waals surface area contributed by atoms with Crippen LogP contribution < -0.4 is 10.1 Å². The number of nitrogens with one attached hydrogen (secondary N) is 1. The van der Waals surface area contributed by atoms with Crippen LogP contribution in [0.1, 0.15) is 11.1 Å². The van der Waals surface area contributed by atoms with E-state index in [1.807, 2.05) is 12.1 Å². The molecular weight excluding hydrogens is 347 g/mol. The zero-order valence-corrected chi connectivity index (χ0v) is 12.8. The molecule has 0 unspecified atom stereocenters. The maximum atomic E-state index is 12.7. The summed E-state index contributed by atoms with van der Waals surface area (Å²) in [5, 5.41) is 2.99. The Kier molecular flexibility index (Phi) is 4.77. The van der Waals surface area contributed by atoms with Gasteiger partial charge in [-0.25, -0.2) is 0 Å². The molecule has 0 atom stereocenters. The Morgan fingerprint density at radius 3 is 2.33 bits per heavy atom. The van der Waals surface area contributed by atoms with Crippen LogP contribution in [0.25, 0.3) is 0 Å². The highest BCUT2D eigenvalue weighted by molar-refractivity contribution is 9.10. The van der Waals surface area contributed by atoms with E-state index in [-0.39, 0.29) is 0 Å². The lowest BCUT2D eigenvalue weighted by Crippen LogP contribution is -2.07.